The first kappa shape index (κ1) is 10.5. The number of carboxylic acids is 1. The van der Waals surface area contributed by atoms with Gasteiger partial charge < -0.3 is 9.84 Å². The summed E-state index contributed by atoms with van der Waals surface area (Å²) in [5.74, 6) is -0.154. The maximum Gasteiger partial charge on any atom is 0.339 e. The van der Waals surface area contributed by atoms with Gasteiger partial charge in [-0.2, -0.15) is 5.26 Å². The zero-order chi connectivity index (χ0) is 11.5. The molecule has 1 aliphatic carbocycles. The molecule has 0 aliphatic heterocycles. The van der Waals surface area contributed by atoms with Crippen LogP contribution in [-0.4, -0.2) is 17.7 Å². The van der Waals surface area contributed by atoms with E-state index in [4.69, 9.17) is 15.1 Å². The first-order valence-electron chi connectivity index (χ1n) is 5.11. The van der Waals surface area contributed by atoms with Crippen molar-refractivity contribution < 1.29 is 14.6 Å². The van der Waals surface area contributed by atoms with E-state index in [2.05, 4.69) is 0 Å². The molecule has 4 nitrogen and oxygen atoms in total. The average molecular weight is 217 g/mol. The van der Waals surface area contributed by atoms with Gasteiger partial charge in [0.15, 0.2) is 0 Å². The third kappa shape index (κ3) is 2.31. The molecule has 0 saturated heterocycles. The fraction of sp³-hybridized carbons (Fsp3) is 0.333. The lowest BCUT2D eigenvalue weighted by molar-refractivity contribution is 0.0692. The highest BCUT2D eigenvalue weighted by Crippen LogP contribution is 2.30. The number of carboxylic acid groups (broad SMARTS) is 1. The van der Waals surface area contributed by atoms with Crippen LogP contribution in [0.2, 0.25) is 0 Å². The zero-order valence-electron chi connectivity index (χ0n) is 8.64. The highest BCUT2D eigenvalue weighted by molar-refractivity contribution is 5.91. The normalized spacial score (nSPS) is 14.2. The summed E-state index contributed by atoms with van der Waals surface area (Å²) < 4.78 is 5.43. The van der Waals surface area contributed by atoms with Gasteiger partial charge in [0.05, 0.1) is 18.2 Å². The number of benzene rings is 1. The molecule has 4 heteroatoms. The Morgan fingerprint density at radius 1 is 1.56 bits per heavy atom. The number of hydrogen-bond donors (Lipinski definition) is 1. The molecule has 1 aromatic carbocycles. The SMILES string of the molecule is N#Cc1ccc(OCC2CC2)c(C(=O)O)c1. The summed E-state index contributed by atoms with van der Waals surface area (Å²) >= 11 is 0. The molecule has 1 N–H and O–H groups in total. The van der Waals surface area contributed by atoms with E-state index in [-0.39, 0.29) is 5.56 Å². The second-order valence-electron chi connectivity index (χ2n) is 3.88. The highest BCUT2D eigenvalue weighted by Gasteiger charge is 2.23. The van der Waals surface area contributed by atoms with Crippen molar-refractivity contribution in [3.05, 3.63) is 29.3 Å². The fourth-order valence-corrected chi connectivity index (χ4v) is 1.38. The van der Waals surface area contributed by atoms with Gasteiger partial charge in [0.1, 0.15) is 11.3 Å². The Bertz CT molecular complexity index is 458. The highest BCUT2D eigenvalue weighted by atomic mass is 16.5. The van der Waals surface area contributed by atoms with E-state index in [0.717, 1.165) is 12.8 Å². The van der Waals surface area contributed by atoms with E-state index in [1.165, 1.54) is 6.07 Å². The zero-order valence-corrected chi connectivity index (χ0v) is 8.64. The first-order valence-corrected chi connectivity index (χ1v) is 5.11. The average Bonchev–Trinajstić information content (AvgIpc) is 3.09. The minimum absolute atomic E-state index is 0.0553. The maximum absolute atomic E-state index is 11.0. The van der Waals surface area contributed by atoms with Gasteiger partial charge in [0, 0.05) is 0 Å². The molecule has 2 rings (SSSR count). The summed E-state index contributed by atoms with van der Waals surface area (Å²) in [6.07, 6.45) is 2.30. The third-order valence-electron chi connectivity index (χ3n) is 2.51. The van der Waals surface area contributed by atoms with Crippen LogP contribution in [0.5, 0.6) is 5.75 Å². The lowest BCUT2D eigenvalue weighted by Gasteiger charge is -2.08. The lowest BCUT2D eigenvalue weighted by Crippen LogP contribution is -2.05. The molecule has 1 fully saturated rings. The van der Waals surface area contributed by atoms with Crippen molar-refractivity contribution in [2.75, 3.05) is 6.61 Å². The number of nitriles is 1. The lowest BCUT2D eigenvalue weighted by atomic mass is 10.1. The van der Waals surface area contributed by atoms with Crippen LogP contribution in [0.25, 0.3) is 0 Å². The molecule has 0 aromatic heterocycles. The van der Waals surface area contributed by atoms with Crippen molar-refractivity contribution in [3.8, 4) is 11.8 Å². The second-order valence-corrected chi connectivity index (χ2v) is 3.88. The van der Waals surface area contributed by atoms with Crippen molar-refractivity contribution in [1.82, 2.24) is 0 Å². The molecule has 0 spiro atoms. The van der Waals surface area contributed by atoms with E-state index in [0.29, 0.717) is 23.8 Å². The Labute approximate surface area is 93.1 Å². The molecule has 1 aliphatic rings. The second kappa shape index (κ2) is 4.23. The van der Waals surface area contributed by atoms with Crippen molar-refractivity contribution in [2.24, 2.45) is 5.92 Å². The van der Waals surface area contributed by atoms with Gasteiger partial charge in [0.25, 0.3) is 0 Å². The van der Waals surface area contributed by atoms with Gasteiger partial charge in [-0.15, -0.1) is 0 Å². The Morgan fingerprint density at radius 2 is 2.31 bits per heavy atom. The topological polar surface area (TPSA) is 70.3 Å². The molecule has 0 atom stereocenters. The molecule has 0 amide bonds. The Balaban J connectivity index is 2.21. The molecule has 1 aromatic rings. The van der Waals surface area contributed by atoms with E-state index >= 15 is 0 Å². The molecule has 0 radical (unpaired) electrons. The quantitative estimate of drug-likeness (QED) is 0.837. The smallest absolute Gasteiger partial charge is 0.339 e. The van der Waals surface area contributed by atoms with E-state index in [1.54, 1.807) is 12.1 Å². The van der Waals surface area contributed by atoms with Crippen LogP contribution >= 0.6 is 0 Å². The minimum atomic E-state index is -1.07. The van der Waals surface area contributed by atoms with Gasteiger partial charge in [-0.05, 0) is 37.0 Å². The van der Waals surface area contributed by atoms with Gasteiger partial charge in [-0.3, -0.25) is 0 Å². The number of rotatable bonds is 4. The number of nitrogens with zero attached hydrogens (tertiary/aromatic N) is 1. The summed E-state index contributed by atoms with van der Waals surface area (Å²) in [7, 11) is 0. The fourth-order valence-electron chi connectivity index (χ4n) is 1.38. The third-order valence-corrected chi connectivity index (χ3v) is 2.51. The van der Waals surface area contributed by atoms with Crippen LogP contribution in [0.15, 0.2) is 18.2 Å². The summed E-state index contributed by atoms with van der Waals surface area (Å²) in [5.41, 5.74) is 0.385. The van der Waals surface area contributed by atoms with E-state index in [1.807, 2.05) is 6.07 Å². The number of aromatic carboxylic acids is 1. The summed E-state index contributed by atoms with van der Waals surface area (Å²) in [4.78, 5) is 11.0. The molecule has 0 bridgehead atoms. The molecular formula is C12H11NO3. The largest absolute Gasteiger partial charge is 0.492 e. The Kier molecular flexibility index (Phi) is 2.78. The minimum Gasteiger partial charge on any atom is -0.492 e. The molecule has 0 heterocycles. The monoisotopic (exact) mass is 217 g/mol. The standard InChI is InChI=1S/C12H11NO3/c13-6-9-3-4-11(10(5-9)12(14)15)16-7-8-1-2-8/h3-5,8H,1-2,7H2,(H,14,15). The number of carbonyl (C=O) groups is 1. The summed E-state index contributed by atoms with van der Waals surface area (Å²) in [5, 5.41) is 17.7. The van der Waals surface area contributed by atoms with Crippen LogP contribution in [0.3, 0.4) is 0 Å². The van der Waals surface area contributed by atoms with Gasteiger partial charge in [-0.1, -0.05) is 0 Å². The Morgan fingerprint density at radius 3 is 2.88 bits per heavy atom. The predicted molar refractivity (Wildman–Crippen MR) is 56.3 cm³/mol. The predicted octanol–water partition coefficient (Wildman–Crippen LogP) is 2.05. The number of hydrogen-bond acceptors (Lipinski definition) is 3. The molecule has 1 saturated carbocycles. The summed E-state index contributed by atoms with van der Waals surface area (Å²) in [6, 6.07) is 6.36. The molecular weight excluding hydrogens is 206 g/mol. The van der Waals surface area contributed by atoms with E-state index < -0.39 is 5.97 Å². The van der Waals surface area contributed by atoms with Crippen LogP contribution in [0.1, 0.15) is 28.8 Å². The Hall–Kier alpha value is -2.02. The van der Waals surface area contributed by atoms with Gasteiger partial charge >= 0.3 is 5.97 Å². The van der Waals surface area contributed by atoms with Crippen LogP contribution in [0, 0.1) is 17.2 Å². The van der Waals surface area contributed by atoms with Crippen molar-refractivity contribution in [3.63, 3.8) is 0 Å². The summed E-state index contributed by atoms with van der Waals surface area (Å²) in [6.45, 7) is 0.562. The van der Waals surface area contributed by atoms with Crippen LogP contribution in [-0.2, 0) is 0 Å². The van der Waals surface area contributed by atoms with Crippen molar-refractivity contribution >= 4 is 5.97 Å². The van der Waals surface area contributed by atoms with Gasteiger partial charge in [0.2, 0.25) is 0 Å². The maximum atomic E-state index is 11.0. The van der Waals surface area contributed by atoms with Crippen molar-refractivity contribution in [2.45, 2.75) is 12.8 Å². The van der Waals surface area contributed by atoms with Gasteiger partial charge in [-0.25, -0.2) is 4.79 Å². The van der Waals surface area contributed by atoms with Crippen molar-refractivity contribution in [1.29, 1.82) is 5.26 Å². The molecule has 82 valence electrons. The molecule has 0 unspecified atom stereocenters. The molecule has 16 heavy (non-hydrogen) atoms. The van der Waals surface area contributed by atoms with E-state index in [9.17, 15) is 4.79 Å². The number of ether oxygens (including phenoxy) is 1. The first-order chi connectivity index (χ1) is 7.70. The van der Waals surface area contributed by atoms with Crippen LogP contribution in [0.4, 0.5) is 0 Å². The van der Waals surface area contributed by atoms with Crippen LogP contribution < -0.4 is 4.74 Å².